The van der Waals surface area contributed by atoms with Gasteiger partial charge < -0.3 is 15.4 Å². The van der Waals surface area contributed by atoms with Crippen molar-refractivity contribution >= 4 is 11.9 Å². The maximum Gasteiger partial charge on any atom is 0.305 e. The molecule has 0 atom stereocenters. The molecule has 0 radical (unpaired) electrons. The molecule has 0 aliphatic rings. The van der Waals surface area contributed by atoms with Crippen LogP contribution in [-0.2, 0) is 16.1 Å². The zero-order valence-electron chi connectivity index (χ0n) is 14.5. The summed E-state index contributed by atoms with van der Waals surface area (Å²) in [6, 6.07) is 8.33. The van der Waals surface area contributed by atoms with Gasteiger partial charge in [-0.15, -0.1) is 0 Å². The van der Waals surface area contributed by atoms with E-state index in [2.05, 4.69) is 45.5 Å². The normalized spacial score (nSPS) is 11.2. The van der Waals surface area contributed by atoms with Crippen molar-refractivity contribution in [2.45, 2.75) is 45.6 Å². The third-order valence-electron chi connectivity index (χ3n) is 3.76. The van der Waals surface area contributed by atoms with Crippen molar-refractivity contribution < 1.29 is 9.53 Å². The molecule has 0 unspecified atom stereocenters. The molecule has 0 saturated heterocycles. The van der Waals surface area contributed by atoms with Crippen molar-refractivity contribution in [2.24, 2.45) is 4.99 Å². The number of unbranched alkanes of at least 4 members (excludes halogenated alkanes) is 3. The zero-order valence-corrected chi connectivity index (χ0v) is 14.5. The van der Waals surface area contributed by atoms with E-state index in [9.17, 15) is 4.79 Å². The van der Waals surface area contributed by atoms with Crippen molar-refractivity contribution in [3.63, 3.8) is 0 Å². The molecule has 1 rings (SSSR count). The van der Waals surface area contributed by atoms with E-state index in [4.69, 9.17) is 0 Å². The number of hydrogen-bond donors (Lipinski definition) is 2. The number of methoxy groups -OCH3 is 1. The molecular formula is C18H29N3O2. The second-order valence-corrected chi connectivity index (χ2v) is 5.52. The first-order valence-corrected chi connectivity index (χ1v) is 8.23. The molecule has 0 heterocycles. The van der Waals surface area contributed by atoms with Gasteiger partial charge in [0.2, 0.25) is 0 Å². The second-order valence-electron chi connectivity index (χ2n) is 5.52. The summed E-state index contributed by atoms with van der Waals surface area (Å²) in [5.41, 5.74) is 2.55. The number of carbonyl (C=O) groups is 1. The fourth-order valence-corrected chi connectivity index (χ4v) is 2.26. The summed E-state index contributed by atoms with van der Waals surface area (Å²) in [7, 11) is 3.21. The van der Waals surface area contributed by atoms with Gasteiger partial charge in [-0.1, -0.05) is 37.1 Å². The Bertz CT molecular complexity index is 501. The Labute approximate surface area is 139 Å². The molecule has 0 fully saturated rings. The van der Waals surface area contributed by atoms with Gasteiger partial charge in [0, 0.05) is 26.6 Å². The van der Waals surface area contributed by atoms with Crippen LogP contribution in [0.2, 0.25) is 0 Å². The van der Waals surface area contributed by atoms with Crippen LogP contribution in [0.4, 0.5) is 0 Å². The van der Waals surface area contributed by atoms with E-state index in [1.54, 1.807) is 7.05 Å². The molecule has 0 spiro atoms. The highest BCUT2D eigenvalue weighted by Crippen LogP contribution is 2.06. The van der Waals surface area contributed by atoms with Gasteiger partial charge in [0.25, 0.3) is 0 Å². The van der Waals surface area contributed by atoms with Crippen LogP contribution in [0.15, 0.2) is 29.3 Å². The minimum absolute atomic E-state index is 0.121. The zero-order chi connectivity index (χ0) is 16.9. The summed E-state index contributed by atoms with van der Waals surface area (Å²) < 4.78 is 4.62. The number of ether oxygens (including phenoxy) is 1. The molecule has 23 heavy (non-hydrogen) atoms. The lowest BCUT2D eigenvalue weighted by Crippen LogP contribution is -2.37. The van der Waals surface area contributed by atoms with Crippen molar-refractivity contribution in [1.29, 1.82) is 0 Å². The molecule has 5 heteroatoms. The summed E-state index contributed by atoms with van der Waals surface area (Å²) in [5, 5.41) is 6.65. The molecule has 0 aromatic heterocycles. The Morgan fingerprint density at radius 1 is 1.13 bits per heavy atom. The highest BCUT2D eigenvalue weighted by atomic mass is 16.5. The van der Waals surface area contributed by atoms with E-state index in [1.165, 1.54) is 18.2 Å². The predicted molar refractivity (Wildman–Crippen MR) is 94.5 cm³/mol. The lowest BCUT2D eigenvalue weighted by Gasteiger charge is -2.13. The van der Waals surface area contributed by atoms with Gasteiger partial charge in [-0.25, -0.2) is 0 Å². The summed E-state index contributed by atoms with van der Waals surface area (Å²) in [6.45, 7) is 3.76. The Morgan fingerprint density at radius 3 is 2.57 bits per heavy atom. The maximum atomic E-state index is 11.0. The fourth-order valence-electron chi connectivity index (χ4n) is 2.26. The van der Waals surface area contributed by atoms with Crippen molar-refractivity contribution in [3.8, 4) is 0 Å². The third kappa shape index (κ3) is 8.24. The molecule has 0 amide bonds. The van der Waals surface area contributed by atoms with Gasteiger partial charge >= 0.3 is 5.97 Å². The quantitative estimate of drug-likeness (QED) is 0.318. The maximum absolute atomic E-state index is 11.0. The van der Waals surface area contributed by atoms with Crippen LogP contribution in [0.1, 0.15) is 43.2 Å². The minimum atomic E-state index is -0.121. The van der Waals surface area contributed by atoms with Gasteiger partial charge in [0.05, 0.1) is 7.11 Å². The van der Waals surface area contributed by atoms with Crippen LogP contribution < -0.4 is 10.6 Å². The van der Waals surface area contributed by atoms with E-state index >= 15 is 0 Å². The number of guanidine groups is 1. The van der Waals surface area contributed by atoms with Gasteiger partial charge in [-0.2, -0.15) is 0 Å². The van der Waals surface area contributed by atoms with Crippen LogP contribution in [0.5, 0.6) is 0 Å². The largest absolute Gasteiger partial charge is 0.469 e. The van der Waals surface area contributed by atoms with Crippen molar-refractivity contribution in [1.82, 2.24) is 10.6 Å². The first kappa shape index (κ1) is 19.0. The summed E-state index contributed by atoms with van der Waals surface area (Å²) in [6.07, 6.45) is 4.62. The SMILES string of the molecule is CN=C(NCCCCCCC(=O)OC)NCc1ccccc1C. The van der Waals surface area contributed by atoms with Crippen molar-refractivity contribution in [2.75, 3.05) is 20.7 Å². The number of esters is 1. The van der Waals surface area contributed by atoms with Gasteiger partial charge in [-0.05, 0) is 30.9 Å². The first-order chi connectivity index (χ1) is 11.2. The Balaban J connectivity index is 2.13. The molecule has 0 saturated carbocycles. The molecule has 2 N–H and O–H groups in total. The molecule has 0 aliphatic carbocycles. The number of nitrogens with one attached hydrogen (secondary N) is 2. The summed E-state index contributed by atoms with van der Waals surface area (Å²) >= 11 is 0. The molecule has 1 aromatic rings. The summed E-state index contributed by atoms with van der Waals surface area (Å²) in [4.78, 5) is 15.2. The molecule has 1 aromatic carbocycles. The topological polar surface area (TPSA) is 62.7 Å². The average molecular weight is 319 g/mol. The lowest BCUT2D eigenvalue weighted by atomic mass is 10.1. The van der Waals surface area contributed by atoms with Crippen LogP contribution >= 0.6 is 0 Å². The number of aliphatic imine (C=N–C) groups is 1. The van der Waals surface area contributed by atoms with Crippen LogP contribution in [0.3, 0.4) is 0 Å². The van der Waals surface area contributed by atoms with Gasteiger partial charge in [0.15, 0.2) is 5.96 Å². The molecule has 128 valence electrons. The second kappa shape index (κ2) is 11.5. The van der Waals surface area contributed by atoms with Gasteiger partial charge in [0.1, 0.15) is 0 Å². The number of hydrogen-bond acceptors (Lipinski definition) is 3. The minimum Gasteiger partial charge on any atom is -0.469 e. The van der Waals surface area contributed by atoms with Gasteiger partial charge in [-0.3, -0.25) is 9.79 Å². The number of carbonyl (C=O) groups excluding carboxylic acids is 1. The Hall–Kier alpha value is -2.04. The van der Waals surface area contributed by atoms with Crippen LogP contribution in [0.25, 0.3) is 0 Å². The van der Waals surface area contributed by atoms with Crippen molar-refractivity contribution in [3.05, 3.63) is 35.4 Å². The summed E-state index contributed by atoms with van der Waals surface area (Å²) in [5.74, 6) is 0.701. The highest BCUT2D eigenvalue weighted by molar-refractivity contribution is 5.79. The average Bonchev–Trinajstić information content (AvgIpc) is 2.57. The van der Waals surface area contributed by atoms with E-state index in [0.29, 0.717) is 6.42 Å². The number of rotatable bonds is 9. The smallest absolute Gasteiger partial charge is 0.305 e. The number of aryl methyl sites for hydroxylation is 1. The predicted octanol–water partition coefficient (Wildman–Crippen LogP) is 2.78. The molecule has 5 nitrogen and oxygen atoms in total. The highest BCUT2D eigenvalue weighted by Gasteiger charge is 2.01. The van der Waals surface area contributed by atoms with E-state index in [-0.39, 0.29) is 5.97 Å². The Morgan fingerprint density at radius 2 is 1.87 bits per heavy atom. The molecule has 0 bridgehead atoms. The van der Waals surface area contributed by atoms with Crippen LogP contribution in [0, 0.1) is 6.92 Å². The standard InChI is InChI=1S/C18H29N3O2/c1-15-10-7-8-11-16(15)14-21-18(19-2)20-13-9-5-4-6-12-17(22)23-3/h7-8,10-11H,4-6,9,12-14H2,1-3H3,(H2,19,20,21). The van der Waals surface area contributed by atoms with E-state index in [1.807, 2.05) is 6.07 Å². The fraction of sp³-hybridized carbons (Fsp3) is 0.556. The van der Waals surface area contributed by atoms with E-state index < -0.39 is 0 Å². The number of benzene rings is 1. The van der Waals surface area contributed by atoms with E-state index in [0.717, 1.165) is 44.7 Å². The molecule has 0 aliphatic heterocycles. The van der Waals surface area contributed by atoms with Crippen LogP contribution in [-0.4, -0.2) is 32.6 Å². The molecular weight excluding hydrogens is 290 g/mol. The Kier molecular flexibility index (Phi) is 9.52. The first-order valence-electron chi connectivity index (χ1n) is 8.23. The lowest BCUT2D eigenvalue weighted by molar-refractivity contribution is -0.140. The third-order valence-corrected chi connectivity index (χ3v) is 3.76. The monoisotopic (exact) mass is 319 g/mol. The number of nitrogens with zero attached hydrogens (tertiary/aromatic N) is 1.